The molecular formula is C29H26ClFN4O2S. The van der Waals surface area contributed by atoms with Crippen LogP contribution in [0.3, 0.4) is 0 Å². The number of rotatable bonds is 10. The van der Waals surface area contributed by atoms with E-state index in [9.17, 15) is 4.39 Å². The molecule has 0 fully saturated rings. The van der Waals surface area contributed by atoms with Gasteiger partial charge in [0.1, 0.15) is 41.8 Å². The van der Waals surface area contributed by atoms with Gasteiger partial charge in [-0.2, -0.15) is 11.8 Å². The third-order valence-corrected chi connectivity index (χ3v) is 6.96. The van der Waals surface area contributed by atoms with Crippen LogP contribution in [0, 0.1) is 5.82 Å². The predicted molar refractivity (Wildman–Crippen MR) is 153 cm³/mol. The highest BCUT2D eigenvalue weighted by atomic mass is 35.5. The summed E-state index contributed by atoms with van der Waals surface area (Å²) in [6.07, 6.45) is 4.25. The molecule has 0 aliphatic heterocycles. The van der Waals surface area contributed by atoms with Crippen molar-refractivity contribution in [3.63, 3.8) is 0 Å². The Morgan fingerprint density at radius 2 is 1.97 bits per heavy atom. The number of nitrogens with zero attached hydrogens (tertiary/aromatic N) is 2. The normalized spacial score (nSPS) is 12.0. The molecule has 5 aromatic rings. The van der Waals surface area contributed by atoms with Gasteiger partial charge >= 0.3 is 0 Å². The molecule has 1 unspecified atom stereocenters. The van der Waals surface area contributed by atoms with Gasteiger partial charge in [0, 0.05) is 34.9 Å². The van der Waals surface area contributed by atoms with Crippen molar-refractivity contribution in [3.8, 4) is 17.1 Å². The Morgan fingerprint density at radius 1 is 1.08 bits per heavy atom. The first-order valence-electron chi connectivity index (χ1n) is 12.0. The minimum absolute atomic E-state index is 0.0507. The van der Waals surface area contributed by atoms with Crippen LogP contribution in [0.5, 0.6) is 5.75 Å². The molecule has 3 aromatic carbocycles. The number of halogens is 2. The van der Waals surface area contributed by atoms with Gasteiger partial charge in [-0.05, 0) is 72.5 Å². The number of benzene rings is 3. The number of hydrogen-bond donors (Lipinski definition) is 2. The second kappa shape index (κ2) is 11.9. The number of thioether (sulfide) groups is 1. The topological polar surface area (TPSA) is 86.2 Å². The second-order valence-corrected chi connectivity index (χ2v) is 10.1. The minimum atomic E-state index is -0.306. The van der Waals surface area contributed by atoms with Crippen LogP contribution in [-0.4, -0.2) is 28.0 Å². The first kappa shape index (κ1) is 26.0. The van der Waals surface area contributed by atoms with Gasteiger partial charge in [-0.25, -0.2) is 14.4 Å². The molecule has 0 bridgehead atoms. The van der Waals surface area contributed by atoms with Gasteiger partial charge in [0.15, 0.2) is 0 Å². The summed E-state index contributed by atoms with van der Waals surface area (Å²) in [5.41, 5.74) is 9.33. The summed E-state index contributed by atoms with van der Waals surface area (Å²) >= 11 is 8.20. The Morgan fingerprint density at radius 3 is 2.79 bits per heavy atom. The molecule has 38 heavy (non-hydrogen) atoms. The Balaban J connectivity index is 1.34. The molecular weight excluding hydrogens is 523 g/mol. The lowest BCUT2D eigenvalue weighted by Gasteiger charge is -2.12. The molecule has 0 saturated carbocycles. The molecule has 1 atom stereocenters. The van der Waals surface area contributed by atoms with Crippen LogP contribution in [0.15, 0.2) is 83.5 Å². The maximum absolute atomic E-state index is 13.4. The maximum atomic E-state index is 13.4. The maximum Gasteiger partial charge on any atom is 0.141 e. The van der Waals surface area contributed by atoms with E-state index in [0.717, 1.165) is 45.0 Å². The first-order chi connectivity index (χ1) is 18.5. The van der Waals surface area contributed by atoms with Gasteiger partial charge in [-0.1, -0.05) is 23.7 Å². The molecule has 0 aliphatic rings. The van der Waals surface area contributed by atoms with Crippen molar-refractivity contribution in [2.45, 2.75) is 19.1 Å². The van der Waals surface area contributed by atoms with E-state index >= 15 is 0 Å². The van der Waals surface area contributed by atoms with E-state index in [0.29, 0.717) is 23.0 Å². The molecule has 0 aliphatic carbocycles. The largest absolute Gasteiger partial charge is 0.487 e. The number of aromatic nitrogens is 2. The van der Waals surface area contributed by atoms with Crippen molar-refractivity contribution in [2.24, 2.45) is 5.73 Å². The van der Waals surface area contributed by atoms with Crippen molar-refractivity contribution in [1.82, 2.24) is 9.97 Å². The van der Waals surface area contributed by atoms with E-state index < -0.39 is 0 Å². The molecule has 2 aromatic heterocycles. The highest BCUT2D eigenvalue weighted by Gasteiger charge is 2.12. The lowest BCUT2D eigenvalue weighted by atomic mass is 10.1. The summed E-state index contributed by atoms with van der Waals surface area (Å²) in [4.78, 5) is 8.86. The summed E-state index contributed by atoms with van der Waals surface area (Å²) in [6.45, 7) is 0.210. The zero-order chi connectivity index (χ0) is 26.5. The van der Waals surface area contributed by atoms with Gasteiger partial charge in [0.25, 0.3) is 0 Å². The van der Waals surface area contributed by atoms with E-state index in [4.69, 9.17) is 26.5 Å². The predicted octanol–water partition coefficient (Wildman–Crippen LogP) is 7.24. The number of nitrogens with two attached hydrogens (primary N) is 1. The molecule has 2 heterocycles. The minimum Gasteiger partial charge on any atom is -0.487 e. The fourth-order valence-electron chi connectivity index (χ4n) is 4.10. The van der Waals surface area contributed by atoms with Gasteiger partial charge in [0.2, 0.25) is 0 Å². The van der Waals surface area contributed by atoms with Gasteiger partial charge in [-0.3, -0.25) is 0 Å². The van der Waals surface area contributed by atoms with Crippen molar-refractivity contribution in [3.05, 3.63) is 101 Å². The number of fused-ring (bicyclic) bond motifs is 1. The average Bonchev–Trinajstić information content (AvgIpc) is 3.37. The van der Waals surface area contributed by atoms with Crippen LogP contribution >= 0.6 is 23.4 Å². The number of anilines is 2. The highest BCUT2D eigenvalue weighted by Crippen LogP contribution is 2.33. The van der Waals surface area contributed by atoms with Crippen LogP contribution in [0.25, 0.3) is 22.2 Å². The Hall–Kier alpha value is -3.59. The average molecular weight is 549 g/mol. The van der Waals surface area contributed by atoms with Crippen molar-refractivity contribution >= 4 is 45.8 Å². The van der Waals surface area contributed by atoms with Crippen LogP contribution in [0.1, 0.15) is 11.3 Å². The molecule has 194 valence electrons. The second-order valence-electron chi connectivity index (χ2n) is 8.83. The highest BCUT2D eigenvalue weighted by molar-refractivity contribution is 7.98. The third-order valence-electron chi connectivity index (χ3n) is 5.90. The fraction of sp³-hybridized carbons (Fsp3) is 0.172. The van der Waals surface area contributed by atoms with E-state index in [1.165, 1.54) is 18.5 Å². The first-order valence-corrected chi connectivity index (χ1v) is 13.8. The number of nitrogens with one attached hydrogen (secondary N) is 1. The monoisotopic (exact) mass is 548 g/mol. The van der Waals surface area contributed by atoms with E-state index in [-0.39, 0.29) is 18.5 Å². The molecule has 0 saturated heterocycles. The Bertz CT molecular complexity index is 1560. The van der Waals surface area contributed by atoms with Crippen molar-refractivity contribution in [1.29, 1.82) is 0 Å². The smallest absolute Gasteiger partial charge is 0.141 e. The van der Waals surface area contributed by atoms with Crippen LogP contribution in [-0.2, 0) is 13.0 Å². The Labute approximate surface area is 229 Å². The summed E-state index contributed by atoms with van der Waals surface area (Å²) in [5.74, 6) is 3.33. The molecule has 0 radical (unpaired) electrons. The van der Waals surface area contributed by atoms with Crippen LogP contribution in [0.2, 0.25) is 5.02 Å². The molecule has 5 rings (SSSR count). The summed E-state index contributed by atoms with van der Waals surface area (Å²) < 4.78 is 25.3. The number of furan rings is 1. The molecule has 0 spiro atoms. The SMILES string of the molecule is CSCC(N)Cc1ccc(-c2ccc3ncnc(Nc4ccc(OCc5cccc(F)c5)c(Cl)c4)c3c2)o1. The summed E-state index contributed by atoms with van der Waals surface area (Å²) in [7, 11) is 0. The zero-order valence-corrected chi connectivity index (χ0v) is 22.2. The zero-order valence-electron chi connectivity index (χ0n) is 20.7. The fourth-order valence-corrected chi connectivity index (χ4v) is 4.88. The van der Waals surface area contributed by atoms with E-state index in [1.54, 1.807) is 36.0 Å². The molecule has 6 nitrogen and oxygen atoms in total. The summed E-state index contributed by atoms with van der Waals surface area (Å²) in [6, 6.07) is 21.5. The standard InChI is InChI=1S/C29H26ClFN4O2S/c1-38-16-21(32)13-23-7-10-27(37-23)19-5-8-26-24(12-19)29(34-17-33-26)35-22-6-9-28(25(30)14-22)36-15-18-3-2-4-20(31)11-18/h2-12,14,17,21H,13,15-16,32H2,1H3,(H,33,34,35). The molecule has 0 amide bonds. The molecule has 3 N–H and O–H groups in total. The quantitative estimate of drug-likeness (QED) is 0.190. The Kier molecular flexibility index (Phi) is 8.12. The van der Waals surface area contributed by atoms with Crippen molar-refractivity contribution in [2.75, 3.05) is 17.3 Å². The van der Waals surface area contributed by atoms with Gasteiger partial charge in [0.05, 0.1) is 10.5 Å². The van der Waals surface area contributed by atoms with E-state index in [1.807, 2.05) is 42.7 Å². The third kappa shape index (κ3) is 6.27. The van der Waals surface area contributed by atoms with Crippen LogP contribution < -0.4 is 15.8 Å². The van der Waals surface area contributed by atoms with Gasteiger partial charge < -0.3 is 20.2 Å². The van der Waals surface area contributed by atoms with Gasteiger partial charge in [-0.15, -0.1) is 0 Å². The lowest BCUT2D eigenvalue weighted by Crippen LogP contribution is -2.25. The number of hydrogen-bond acceptors (Lipinski definition) is 7. The van der Waals surface area contributed by atoms with E-state index in [2.05, 4.69) is 15.3 Å². The van der Waals surface area contributed by atoms with Crippen LogP contribution in [0.4, 0.5) is 15.9 Å². The van der Waals surface area contributed by atoms with Crippen molar-refractivity contribution < 1.29 is 13.5 Å². The summed E-state index contributed by atoms with van der Waals surface area (Å²) in [5, 5.41) is 4.59. The lowest BCUT2D eigenvalue weighted by molar-refractivity contribution is 0.306. The molecule has 9 heteroatoms. The number of ether oxygens (including phenoxy) is 1.